The lowest BCUT2D eigenvalue weighted by atomic mass is 9.98. The molecule has 2 aromatic carbocycles. The number of ketones is 1. The number of halogens is 2. The van der Waals surface area contributed by atoms with Crippen LogP contribution >= 0.6 is 23.2 Å². The Labute approximate surface area is 122 Å². The Balaban J connectivity index is 2.17. The van der Waals surface area contributed by atoms with Crippen LogP contribution in [0.25, 0.3) is 0 Å². The fraction of sp³-hybridized carbons (Fsp3) is 0.133. The maximum Gasteiger partial charge on any atom is 0.181 e. The zero-order valence-corrected chi connectivity index (χ0v) is 11.7. The summed E-state index contributed by atoms with van der Waals surface area (Å²) in [5, 5.41) is 0.845. The van der Waals surface area contributed by atoms with Gasteiger partial charge in [0.2, 0.25) is 0 Å². The molecule has 2 nitrogen and oxygen atoms in total. The second kappa shape index (κ2) is 6.20. The molecular weight excluding hydrogens is 281 g/mol. The van der Waals surface area contributed by atoms with Crippen LogP contribution in [0.3, 0.4) is 0 Å². The van der Waals surface area contributed by atoms with Crippen molar-refractivity contribution in [3.8, 4) is 0 Å². The van der Waals surface area contributed by atoms with E-state index >= 15 is 0 Å². The van der Waals surface area contributed by atoms with Gasteiger partial charge in [-0.15, -0.1) is 0 Å². The smallest absolute Gasteiger partial charge is 0.181 e. The fourth-order valence-electron chi connectivity index (χ4n) is 1.85. The van der Waals surface area contributed by atoms with Gasteiger partial charge in [-0.25, -0.2) is 0 Å². The number of carbonyl (C=O) groups is 1. The summed E-state index contributed by atoms with van der Waals surface area (Å²) in [7, 11) is 0. The zero-order chi connectivity index (χ0) is 13.8. The van der Waals surface area contributed by atoms with Gasteiger partial charge in [-0.3, -0.25) is 4.79 Å². The van der Waals surface area contributed by atoms with Gasteiger partial charge in [0.1, 0.15) is 0 Å². The van der Waals surface area contributed by atoms with Crippen LogP contribution in [-0.2, 0) is 6.42 Å². The third-order valence-electron chi connectivity index (χ3n) is 2.83. The van der Waals surface area contributed by atoms with Gasteiger partial charge in [0.15, 0.2) is 5.78 Å². The number of hydrogen-bond donors (Lipinski definition) is 1. The Morgan fingerprint density at radius 2 is 1.79 bits per heavy atom. The molecule has 2 aromatic rings. The highest BCUT2D eigenvalue weighted by Crippen LogP contribution is 2.22. The van der Waals surface area contributed by atoms with Crippen molar-refractivity contribution in [3.05, 3.63) is 69.7 Å². The van der Waals surface area contributed by atoms with Gasteiger partial charge in [-0.2, -0.15) is 0 Å². The van der Waals surface area contributed by atoms with Gasteiger partial charge < -0.3 is 5.73 Å². The minimum absolute atomic E-state index is 0.198. The van der Waals surface area contributed by atoms with Gasteiger partial charge in [-0.1, -0.05) is 53.5 Å². The maximum absolute atomic E-state index is 12.3. The van der Waals surface area contributed by atoms with Crippen molar-refractivity contribution in [2.24, 2.45) is 5.73 Å². The number of hydrogen-bond acceptors (Lipinski definition) is 2. The zero-order valence-electron chi connectivity index (χ0n) is 10.1. The molecule has 1 unspecified atom stereocenters. The van der Waals surface area contributed by atoms with E-state index in [4.69, 9.17) is 28.9 Å². The second-order valence-corrected chi connectivity index (χ2v) is 5.13. The van der Waals surface area contributed by atoms with E-state index in [-0.39, 0.29) is 5.78 Å². The molecule has 0 aromatic heterocycles. The largest absolute Gasteiger partial charge is 0.321 e. The van der Waals surface area contributed by atoms with Crippen LogP contribution in [0, 0.1) is 0 Å². The maximum atomic E-state index is 12.3. The summed E-state index contributed by atoms with van der Waals surface area (Å²) in [6.07, 6.45) is 0.475. The highest BCUT2D eigenvalue weighted by molar-refractivity contribution is 6.36. The monoisotopic (exact) mass is 293 g/mol. The van der Waals surface area contributed by atoms with E-state index in [0.29, 0.717) is 22.0 Å². The first kappa shape index (κ1) is 14.1. The van der Waals surface area contributed by atoms with E-state index in [9.17, 15) is 4.79 Å². The van der Waals surface area contributed by atoms with Crippen LogP contribution in [0.1, 0.15) is 15.9 Å². The van der Waals surface area contributed by atoms with E-state index in [1.165, 1.54) is 0 Å². The number of nitrogens with two attached hydrogens (primary N) is 1. The van der Waals surface area contributed by atoms with E-state index in [1.54, 1.807) is 18.2 Å². The van der Waals surface area contributed by atoms with Crippen molar-refractivity contribution < 1.29 is 4.79 Å². The highest BCUT2D eigenvalue weighted by atomic mass is 35.5. The summed E-state index contributed by atoms with van der Waals surface area (Å²) >= 11 is 11.9. The molecule has 0 saturated heterocycles. The van der Waals surface area contributed by atoms with Gasteiger partial charge in [0, 0.05) is 10.6 Å². The minimum atomic E-state index is -0.627. The number of benzene rings is 2. The molecule has 0 fully saturated rings. The third kappa shape index (κ3) is 3.57. The van der Waals surface area contributed by atoms with Crippen molar-refractivity contribution >= 4 is 29.0 Å². The van der Waals surface area contributed by atoms with Crippen molar-refractivity contribution in [2.75, 3.05) is 0 Å². The average Bonchev–Trinajstić information content (AvgIpc) is 2.42. The van der Waals surface area contributed by atoms with Gasteiger partial charge in [0.25, 0.3) is 0 Å². The first-order valence-electron chi connectivity index (χ1n) is 5.86. The lowest BCUT2D eigenvalue weighted by molar-refractivity contribution is 0.0961. The van der Waals surface area contributed by atoms with Crippen molar-refractivity contribution in [1.82, 2.24) is 0 Å². The Bertz CT molecular complexity index is 584. The molecular formula is C15H13Cl2NO. The predicted molar refractivity (Wildman–Crippen MR) is 78.9 cm³/mol. The molecule has 0 aliphatic heterocycles. The third-order valence-corrected chi connectivity index (χ3v) is 3.39. The van der Waals surface area contributed by atoms with Gasteiger partial charge >= 0.3 is 0 Å². The standard InChI is InChI=1S/C15H13Cl2NO/c16-11-6-7-13(17)12(9-11)15(19)14(18)8-10-4-2-1-3-5-10/h1-7,9,14H,8,18H2. The Hall–Kier alpha value is -1.35. The first-order chi connectivity index (χ1) is 9.08. The second-order valence-electron chi connectivity index (χ2n) is 4.28. The quantitative estimate of drug-likeness (QED) is 0.873. The normalized spacial score (nSPS) is 12.2. The lowest BCUT2D eigenvalue weighted by Crippen LogP contribution is -2.32. The summed E-state index contributed by atoms with van der Waals surface area (Å²) in [5.41, 5.74) is 7.34. The molecule has 0 spiro atoms. The van der Waals surface area contributed by atoms with Gasteiger partial charge in [-0.05, 0) is 30.2 Å². The van der Waals surface area contributed by atoms with Crippen LogP contribution in [0.15, 0.2) is 48.5 Å². The summed E-state index contributed by atoms with van der Waals surface area (Å²) < 4.78 is 0. The first-order valence-corrected chi connectivity index (χ1v) is 6.62. The van der Waals surface area contributed by atoms with Crippen molar-refractivity contribution in [1.29, 1.82) is 0 Å². The Morgan fingerprint density at radius 3 is 2.47 bits per heavy atom. The number of Topliss-reactive ketones (excluding diaryl/α,β-unsaturated/α-hetero) is 1. The highest BCUT2D eigenvalue weighted by Gasteiger charge is 2.19. The minimum Gasteiger partial charge on any atom is -0.321 e. The fourth-order valence-corrected chi connectivity index (χ4v) is 2.23. The summed E-state index contributed by atoms with van der Waals surface area (Å²) in [6, 6.07) is 13.8. The molecule has 4 heteroatoms. The Kier molecular flexibility index (Phi) is 4.59. The molecule has 19 heavy (non-hydrogen) atoms. The summed E-state index contributed by atoms with van der Waals surface area (Å²) in [5.74, 6) is -0.198. The van der Waals surface area contributed by atoms with Crippen molar-refractivity contribution in [2.45, 2.75) is 12.5 Å². The molecule has 0 heterocycles. The SMILES string of the molecule is NC(Cc1ccccc1)C(=O)c1cc(Cl)ccc1Cl. The van der Waals surface area contributed by atoms with E-state index in [1.807, 2.05) is 30.3 Å². The van der Waals surface area contributed by atoms with E-state index in [2.05, 4.69) is 0 Å². The topological polar surface area (TPSA) is 43.1 Å². The summed E-state index contributed by atoms with van der Waals surface area (Å²) in [6.45, 7) is 0. The average molecular weight is 294 g/mol. The lowest BCUT2D eigenvalue weighted by Gasteiger charge is -2.12. The van der Waals surface area contributed by atoms with Crippen molar-refractivity contribution in [3.63, 3.8) is 0 Å². The molecule has 0 bridgehead atoms. The van der Waals surface area contributed by atoms with Crippen LogP contribution in [0.2, 0.25) is 10.0 Å². The summed E-state index contributed by atoms with van der Waals surface area (Å²) in [4.78, 5) is 12.3. The van der Waals surface area contributed by atoms with Gasteiger partial charge in [0.05, 0.1) is 11.1 Å². The molecule has 98 valence electrons. The molecule has 0 saturated carbocycles. The molecule has 1 atom stereocenters. The molecule has 2 rings (SSSR count). The molecule has 0 aliphatic carbocycles. The molecule has 0 radical (unpaired) electrons. The molecule has 2 N–H and O–H groups in total. The van der Waals surface area contributed by atoms with E-state index < -0.39 is 6.04 Å². The molecule has 0 aliphatic rings. The van der Waals surface area contributed by atoms with E-state index in [0.717, 1.165) is 5.56 Å². The molecule has 0 amide bonds. The Morgan fingerprint density at radius 1 is 1.11 bits per heavy atom. The number of carbonyl (C=O) groups excluding carboxylic acids is 1. The van der Waals surface area contributed by atoms with Crippen LogP contribution in [0.4, 0.5) is 0 Å². The number of rotatable bonds is 4. The van der Waals surface area contributed by atoms with Crippen LogP contribution in [-0.4, -0.2) is 11.8 Å². The predicted octanol–water partition coefficient (Wildman–Crippen LogP) is 3.75. The van der Waals surface area contributed by atoms with Crippen LogP contribution < -0.4 is 5.73 Å². The van der Waals surface area contributed by atoms with Crippen LogP contribution in [0.5, 0.6) is 0 Å².